The van der Waals surface area contributed by atoms with Crippen molar-refractivity contribution in [2.75, 3.05) is 0 Å². The Morgan fingerprint density at radius 3 is 1.56 bits per heavy atom. The molecule has 1 aliphatic carbocycles. The molecule has 0 fully saturated rings. The fourth-order valence-electron chi connectivity index (χ4n) is 1.11. The lowest BCUT2D eigenvalue weighted by atomic mass is 10.1. The van der Waals surface area contributed by atoms with Crippen LogP contribution < -0.4 is 0 Å². The molecule has 0 nitrogen and oxygen atoms in total. The Labute approximate surface area is 62.4 Å². The van der Waals surface area contributed by atoms with E-state index in [9.17, 15) is 0 Å². The summed E-state index contributed by atoms with van der Waals surface area (Å²) in [6.45, 7) is 0. The molecular formula is C8H18Si. The molecule has 1 aliphatic rings. The predicted octanol–water partition coefficient (Wildman–Crippen LogP) is 1.45. The van der Waals surface area contributed by atoms with Gasteiger partial charge in [-0.15, -0.1) is 0 Å². The molecule has 54 valence electrons. The zero-order valence-electron chi connectivity index (χ0n) is 5.40. The summed E-state index contributed by atoms with van der Waals surface area (Å²) < 4.78 is 0. The highest BCUT2D eigenvalue weighted by Crippen LogP contribution is 2.09. The molecule has 0 atom stereocenters. The Morgan fingerprint density at radius 1 is 0.667 bits per heavy atom. The van der Waals surface area contributed by atoms with Crippen LogP contribution in [0.2, 0.25) is 0 Å². The molecule has 0 aromatic rings. The summed E-state index contributed by atoms with van der Waals surface area (Å²) in [4.78, 5) is 0. The fraction of sp³-hybridized carbons (Fsp3) is 0.750. The lowest BCUT2D eigenvalue weighted by Crippen LogP contribution is -1.80. The van der Waals surface area contributed by atoms with Crippen molar-refractivity contribution in [3.05, 3.63) is 12.2 Å². The average molecular weight is 142 g/mol. The molecule has 0 aromatic carbocycles. The van der Waals surface area contributed by atoms with Crippen molar-refractivity contribution in [3.63, 3.8) is 0 Å². The Morgan fingerprint density at radius 2 is 1.11 bits per heavy atom. The number of hydrogen-bond acceptors (Lipinski definition) is 0. The van der Waals surface area contributed by atoms with Crippen molar-refractivity contribution in [1.29, 1.82) is 0 Å². The van der Waals surface area contributed by atoms with Crippen LogP contribution in [-0.2, 0) is 0 Å². The molecule has 0 aliphatic heterocycles. The lowest BCUT2D eigenvalue weighted by molar-refractivity contribution is 0.638. The van der Waals surface area contributed by atoms with Gasteiger partial charge in [-0.25, -0.2) is 0 Å². The first-order chi connectivity index (χ1) is 4.00. The van der Waals surface area contributed by atoms with Crippen molar-refractivity contribution < 1.29 is 0 Å². The van der Waals surface area contributed by atoms with E-state index in [-0.39, 0.29) is 11.0 Å². The first-order valence-electron chi connectivity index (χ1n) is 3.65. The second kappa shape index (κ2) is 6.08. The summed E-state index contributed by atoms with van der Waals surface area (Å²) in [5.74, 6) is 0. The van der Waals surface area contributed by atoms with Gasteiger partial charge in [0.05, 0.1) is 0 Å². The van der Waals surface area contributed by atoms with E-state index >= 15 is 0 Å². The van der Waals surface area contributed by atoms with Gasteiger partial charge in [-0.1, -0.05) is 25.0 Å². The lowest BCUT2D eigenvalue weighted by Gasteiger charge is -2.00. The molecule has 0 heterocycles. The number of hydrogen-bond donors (Lipinski definition) is 0. The molecule has 0 saturated carbocycles. The first-order valence-corrected chi connectivity index (χ1v) is 3.65. The third-order valence-corrected chi connectivity index (χ3v) is 1.66. The van der Waals surface area contributed by atoms with E-state index in [1.165, 1.54) is 38.5 Å². The summed E-state index contributed by atoms with van der Waals surface area (Å²) >= 11 is 0. The van der Waals surface area contributed by atoms with Gasteiger partial charge in [0.1, 0.15) is 0 Å². The monoisotopic (exact) mass is 142 g/mol. The van der Waals surface area contributed by atoms with Crippen molar-refractivity contribution in [2.45, 2.75) is 38.5 Å². The Hall–Kier alpha value is -0.0431. The van der Waals surface area contributed by atoms with Crippen LogP contribution in [0.1, 0.15) is 38.5 Å². The molecule has 0 spiro atoms. The fourth-order valence-corrected chi connectivity index (χ4v) is 1.11. The minimum Gasteiger partial charge on any atom is -0.0885 e. The van der Waals surface area contributed by atoms with Gasteiger partial charge in [0.15, 0.2) is 0 Å². The summed E-state index contributed by atoms with van der Waals surface area (Å²) in [6.07, 6.45) is 13.0. The van der Waals surface area contributed by atoms with Crippen molar-refractivity contribution >= 4 is 11.0 Å². The summed E-state index contributed by atoms with van der Waals surface area (Å²) in [5.41, 5.74) is 0. The summed E-state index contributed by atoms with van der Waals surface area (Å²) in [6, 6.07) is 0. The summed E-state index contributed by atoms with van der Waals surface area (Å²) in [5, 5.41) is 0. The topological polar surface area (TPSA) is 0 Å². The van der Waals surface area contributed by atoms with E-state index in [1.54, 1.807) is 0 Å². The Balaban J connectivity index is 0.000000640. The van der Waals surface area contributed by atoms with Crippen molar-refractivity contribution in [2.24, 2.45) is 0 Å². The van der Waals surface area contributed by atoms with Gasteiger partial charge in [0, 0.05) is 0 Å². The molecule has 1 heteroatoms. The van der Waals surface area contributed by atoms with Crippen LogP contribution in [0.25, 0.3) is 0 Å². The van der Waals surface area contributed by atoms with E-state index in [0.29, 0.717) is 0 Å². The summed E-state index contributed by atoms with van der Waals surface area (Å²) in [7, 11) is 0. The SMILES string of the molecule is C1=CCCCCCC1.[SiH4]. The number of allylic oxidation sites excluding steroid dienone is 2. The molecule has 0 N–H and O–H groups in total. The van der Waals surface area contributed by atoms with Crippen LogP contribution in [0.3, 0.4) is 0 Å². The number of rotatable bonds is 0. The van der Waals surface area contributed by atoms with Crippen LogP contribution in [0.15, 0.2) is 12.2 Å². The average Bonchev–Trinajstić information content (AvgIpc) is 1.62. The second-order valence-electron chi connectivity index (χ2n) is 2.46. The normalized spacial score (nSPS) is 19.6. The van der Waals surface area contributed by atoms with E-state index < -0.39 is 0 Å². The van der Waals surface area contributed by atoms with Crippen molar-refractivity contribution in [1.82, 2.24) is 0 Å². The largest absolute Gasteiger partial charge is 0.0885 e. The highest BCUT2D eigenvalue weighted by atomic mass is 28.1. The van der Waals surface area contributed by atoms with Gasteiger partial charge in [-0.2, -0.15) is 0 Å². The zero-order valence-corrected chi connectivity index (χ0v) is 5.40. The van der Waals surface area contributed by atoms with Crippen LogP contribution in [-0.4, -0.2) is 11.0 Å². The molecule has 0 aromatic heterocycles. The minimum absolute atomic E-state index is 0. The Bertz CT molecular complexity index is 66.6. The maximum atomic E-state index is 2.32. The highest BCUT2D eigenvalue weighted by Gasteiger charge is 1.89. The van der Waals surface area contributed by atoms with E-state index in [2.05, 4.69) is 12.2 Å². The third kappa shape index (κ3) is 4.46. The van der Waals surface area contributed by atoms with Crippen LogP contribution in [0.4, 0.5) is 0 Å². The first kappa shape index (κ1) is 8.96. The zero-order chi connectivity index (χ0) is 5.66. The van der Waals surface area contributed by atoms with Gasteiger partial charge >= 0.3 is 0 Å². The molecular weight excluding hydrogens is 124 g/mol. The van der Waals surface area contributed by atoms with Gasteiger partial charge in [-0.3, -0.25) is 0 Å². The Kier molecular flexibility index (Phi) is 6.05. The van der Waals surface area contributed by atoms with E-state index in [4.69, 9.17) is 0 Å². The van der Waals surface area contributed by atoms with E-state index in [1.807, 2.05) is 0 Å². The molecule has 0 bridgehead atoms. The third-order valence-electron chi connectivity index (χ3n) is 1.66. The van der Waals surface area contributed by atoms with Gasteiger partial charge in [0.25, 0.3) is 0 Å². The smallest absolute Gasteiger partial charge is 0.0149 e. The predicted molar refractivity (Wildman–Crippen MR) is 48.2 cm³/mol. The maximum Gasteiger partial charge on any atom is -0.0149 e. The quantitative estimate of drug-likeness (QED) is 0.355. The van der Waals surface area contributed by atoms with Crippen LogP contribution >= 0.6 is 0 Å². The van der Waals surface area contributed by atoms with E-state index in [0.717, 1.165) is 0 Å². The highest BCUT2D eigenvalue weighted by molar-refractivity contribution is 5.75. The maximum absolute atomic E-state index is 2.32. The van der Waals surface area contributed by atoms with Gasteiger partial charge in [-0.05, 0) is 36.6 Å². The molecule has 9 heavy (non-hydrogen) atoms. The standard InChI is InChI=1S/C8H14.H4Si/c1-2-4-6-8-7-5-3-1;/h1-2H,3-8H2;1H4. The molecule has 1 rings (SSSR count). The second-order valence-corrected chi connectivity index (χ2v) is 2.46. The van der Waals surface area contributed by atoms with Crippen molar-refractivity contribution in [3.8, 4) is 0 Å². The molecule has 0 amide bonds. The van der Waals surface area contributed by atoms with Crippen LogP contribution in [0, 0.1) is 0 Å². The van der Waals surface area contributed by atoms with Crippen LogP contribution in [0.5, 0.6) is 0 Å². The van der Waals surface area contributed by atoms with Gasteiger partial charge < -0.3 is 0 Å². The minimum atomic E-state index is 0. The molecule has 0 radical (unpaired) electrons. The molecule has 0 saturated heterocycles. The molecule has 0 unspecified atom stereocenters. The van der Waals surface area contributed by atoms with Gasteiger partial charge in [0.2, 0.25) is 0 Å².